The Morgan fingerprint density at radius 2 is 2.04 bits per heavy atom. The first-order valence-electron chi connectivity index (χ1n) is 7.63. The van der Waals surface area contributed by atoms with E-state index < -0.39 is 11.6 Å². The first kappa shape index (κ1) is 18.0. The molecular weight excluding hydrogens is 322 g/mol. The number of carbonyl (C=O) groups is 1. The van der Waals surface area contributed by atoms with E-state index in [0.29, 0.717) is 19.8 Å². The van der Waals surface area contributed by atoms with Crippen LogP contribution in [0.4, 0.5) is 13.6 Å². The number of halogens is 2. The lowest BCUT2D eigenvalue weighted by atomic mass is 9.99. The molecule has 1 fully saturated rings. The first-order chi connectivity index (χ1) is 11.0. The van der Waals surface area contributed by atoms with Crippen molar-refractivity contribution in [1.29, 1.82) is 0 Å². The van der Waals surface area contributed by atoms with Crippen LogP contribution in [0.25, 0.3) is 0 Å². The summed E-state index contributed by atoms with van der Waals surface area (Å²) in [5, 5.41) is 5.54. The fourth-order valence-corrected chi connectivity index (χ4v) is 3.34. The Morgan fingerprint density at radius 1 is 1.30 bits per heavy atom. The standard InChI is InChI=1S/C16H22F2N2O2S/c1-23-16(5-8-22-9-6-16)11-20-15(21)19-7-4-12-10-13(17)2-3-14(12)18/h2-3,10H,4-9,11H2,1H3,(H2,19,20,21). The highest BCUT2D eigenvalue weighted by Crippen LogP contribution is 2.32. The van der Waals surface area contributed by atoms with E-state index in [4.69, 9.17) is 4.74 Å². The number of hydrogen-bond donors (Lipinski definition) is 2. The predicted molar refractivity (Wildman–Crippen MR) is 87.8 cm³/mol. The van der Waals surface area contributed by atoms with Gasteiger partial charge in [0.25, 0.3) is 0 Å². The number of benzene rings is 1. The molecule has 1 aromatic rings. The third kappa shape index (κ3) is 5.35. The Hall–Kier alpha value is -1.34. The maximum Gasteiger partial charge on any atom is 0.314 e. The highest BCUT2D eigenvalue weighted by molar-refractivity contribution is 8.00. The number of rotatable bonds is 6. The van der Waals surface area contributed by atoms with Gasteiger partial charge in [-0.05, 0) is 49.3 Å². The quantitative estimate of drug-likeness (QED) is 0.834. The summed E-state index contributed by atoms with van der Waals surface area (Å²) < 4.78 is 31.9. The molecule has 0 aliphatic carbocycles. The molecule has 2 amide bonds. The topological polar surface area (TPSA) is 50.4 Å². The molecular formula is C16H22F2N2O2S. The fourth-order valence-electron chi connectivity index (χ4n) is 2.55. The fraction of sp³-hybridized carbons (Fsp3) is 0.562. The van der Waals surface area contributed by atoms with Gasteiger partial charge in [-0.3, -0.25) is 0 Å². The zero-order valence-electron chi connectivity index (χ0n) is 13.2. The number of carbonyl (C=O) groups excluding carboxylic acids is 1. The van der Waals surface area contributed by atoms with Crippen LogP contribution < -0.4 is 10.6 Å². The second-order valence-corrected chi connectivity index (χ2v) is 6.87. The minimum atomic E-state index is -0.479. The Balaban J connectivity index is 1.73. The van der Waals surface area contributed by atoms with Crippen LogP contribution in [0.3, 0.4) is 0 Å². The molecule has 0 atom stereocenters. The average molecular weight is 344 g/mol. The van der Waals surface area contributed by atoms with Gasteiger partial charge in [-0.2, -0.15) is 11.8 Å². The second-order valence-electron chi connectivity index (χ2n) is 5.59. The number of thioether (sulfide) groups is 1. The van der Waals surface area contributed by atoms with Crippen molar-refractivity contribution < 1.29 is 18.3 Å². The normalized spacial score (nSPS) is 16.8. The summed E-state index contributed by atoms with van der Waals surface area (Å²) >= 11 is 1.75. The van der Waals surface area contributed by atoms with Crippen molar-refractivity contribution >= 4 is 17.8 Å². The third-order valence-electron chi connectivity index (χ3n) is 4.10. The Labute approximate surface area is 139 Å². The van der Waals surface area contributed by atoms with E-state index in [9.17, 15) is 13.6 Å². The first-order valence-corrected chi connectivity index (χ1v) is 8.86. The highest BCUT2D eigenvalue weighted by Gasteiger charge is 2.31. The molecule has 4 nitrogen and oxygen atoms in total. The third-order valence-corrected chi connectivity index (χ3v) is 5.51. The van der Waals surface area contributed by atoms with Gasteiger partial charge >= 0.3 is 6.03 Å². The van der Waals surface area contributed by atoms with Crippen LogP contribution >= 0.6 is 11.8 Å². The molecule has 23 heavy (non-hydrogen) atoms. The van der Waals surface area contributed by atoms with E-state index >= 15 is 0 Å². The summed E-state index contributed by atoms with van der Waals surface area (Å²) in [6.45, 7) is 2.24. The van der Waals surface area contributed by atoms with Crippen molar-refractivity contribution in [3.05, 3.63) is 35.4 Å². The molecule has 2 N–H and O–H groups in total. The molecule has 0 unspecified atom stereocenters. The zero-order chi connectivity index (χ0) is 16.7. The number of ether oxygens (including phenoxy) is 1. The molecule has 128 valence electrons. The number of hydrogen-bond acceptors (Lipinski definition) is 3. The average Bonchev–Trinajstić information content (AvgIpc) is 2.57. The Bertz CT molecular complexity index is 537. The van der Waals surface area contributed by atoms with E-state index in [-0.39, 0.29) is 29.3 Å². The van der Waals surface area contributed by atoms with Crippen molar-refractivity contribution in [2.75, 3.05) is 32.6 Å². The van der Waals surface area contributed by atoms with E-state index in [1.54, 1.807) is 11.8 Å². The summed E-state index contributed by atoms with van der Waals surface area (Å²) in [7, 11) is 0. The monoisotopic (exact) mass is 344 g/mol. The predicted octanol–water partition coefficient (Wildman–Crippen LogP) is 2.72. The summed E-state index contributed by atoms with van der Waals surface area (Å²) in [5.41, 5.74) is 0.260. The van der Waals surface area contributed by atoms with Crippen molar-refractivity contribution in [2.45, 2.75) is 24.0 Å². The van der Waals surface area contributed by atoms with Gasteiger partial charge in [-0.25, -0.2) is 13.6 Å². The molecule has 0 aromatic heterocycles. The minimum absolute atomic E-state index is 0.0181. The molecule has 0 saturated carbocycles. The van der Waals surface area contributed by atoms with Crippen LogP contribution in [0.2, 0.25) is 0 Å². The lowest BCUT2D eigenvalue weighted by Crippen LogP contribution is -2.47. The van der Waals surface area contributed by atoms with E-state index in [2.05, 4.69) is 10.6 Å². The smallest absolute Gasteiger partial charge is 0.314 e. The largest absolute Gasteiger partial charge is 0.381 e. The van der Waals surface area contributed by atoms with E-state index in [0.717, 1.165) is 31.0 Å². The van der Waals surface area contributed by atoms with Crippen molar-refractivity contribution in [3.63, 3.8) is 0 Å². The van der Waals surface area contributed by atoms with Crippen molar-refractivity contribution in [1.82, 2.24) is 10.6 Å². The van der Waals surface area contributed by atoms with Gasteiger partial charge < -0.3 is 15.4 Å². The van der Waals surface area contributed by atoms with E-state index in [1.807, 2.05) is 6.26 Å². The molecule has 1 aliphatic rings. The summed E-state index contributed by atoms with van der Waals surface area (Å²) in [6, 6.07) is 3.04. The van der Waals surface area contributed by atoms with E-state index in [1.165, 1.54) is 0 Å². The van der Waals surface area contributed by atoms with Crippen LogP contribution in [0, 0.1) is 11.6 Å². The lowest BCUT2D eigenvalue weighted by molar-refractivity contribution is 0.0777. The molecule has 0 radical (unpaired) electrons. The SMILES string of the molecule is CSC1(CNC(=O)NCCc2cc(F)ccc2F)CCOCC1. The maximum absolute atomic E-state index is 13.5. The van der Waals surface area contributed by atoms with Gasteiger partial charge in [-0.15, -0.1) is 0 Å². The Morgan fingerprint density at radius 3 is 2.74 bits per heavy atom. The Kier molecular flexibility index (Phi) is 6.65. The van der Waals surface area contributed by atoms with Gasteiger partial charge in [-0.1, -0.05) is 0 Å². The van der Waals surface area contributed by atoms with Gasteiger partial charge in [0.05, 0.1) is 0 Å². The molecule has 0 bridgehead atoms. The molecule has 2 rings (SSSR count). The molecule has 7 heteroatoms. The maximum atomic E-state index is 13.5. The summed E-state index contributed by atoms with van der Waals surface area (Å²) in [6.07, 6.45) is 4.10. The number of urea groups is 1. The van der Waals surface area contributed by atoms with Crippen molar-refractivity contribution in [2.24, 2.45) is 0 Å². The van der Waals surface area contributed by atoms with Crippen LogP contribution in [0.1, 0.15) is 18.4 Å². The van der Waals surface area contributed by atoms with Crippen LogP contribution in [0.5, 0.6) is 0 Å². The molecule has 1 aromatic carbocycles. The van der Waals surface area contributed by atoms with Gasteiger partial charge in [0, 0.05) is 31.1 Å². The summed E-state index contributed by atoms with van der Waals surface area (Å²) in [4.78, 5) is 11.9. The second kappa shape index (κ2) is 8.49. The van der Waals surface area contributed by atoms with Crippen LogP contribution in [0.15, 0.2) is 18.2 Å². The van der Waals surface area contributed by atoms with Gasteiger partial charge in [0.1, 0.15) is 11.6 Å². The highest BCUT2D eigenvalue weighted by atomic mass is 32.2. The van der Waals surface area contributed by atoms with Crippen molar-refractivity contribution in [3.8, 4) is 0 Å². The van der Waals surface area contributed by atoms with Crippen LogP contribution in [-0.2, 0) is 11.2 Å². The molecule has 1 saturated heterocycles. The van der Waals surface area contributed by atoms with Gasteiger partial charge in [0.15, 0.2) is 0 Å². The molecule has 1 heterocycles. The lowest BCUT2D eigenvalue weighted by Gasteiger charge is -2.35. The number of nitrogens with one attached hydrogen (secondary N) is 2. The number of amides is 2. The minimum Gasteiger partial charge on any atom is -0.381 e. The molecule has 1 aliphatic heterocycles. The van der Waals surface area contributed by atoms with Crippen LogP contribution in [-0.4, -0.2) is 43.3 Å². The summed E-state index contributed by atoms with van der Waals surface area (Å²) in [5.74, 6) is -0.940. The molecule has 0 spiro atoms. The zero-order valence-corrected chi connectivity index (χ0v) is 14.0. The van der Waals surface area contributed by atoms with Gasteiger partial charge in [0.2, 0.25) is 0 Å².